The van der Waals surface area contributed by atoms with Crippen LogP contribution in [0.1, 0.15) is 24.0 Å². The fourth-order valence-corrected chi connectivity index (χ4v) is 3.81. The number of hydrogen-bond donors (Lipinski definition) is 0. The quantitative estimate of drug-likeness (QED) is 0.353. The van der Waals surface area contributed by atoms with Crippen LogP contribution in [0.4, 0.5) is 30.7 Å². The van der Waals surface area contributed by atoms with Crippen LogP contribution in [0.2, 0.25) is 0 Å². The van der Waals surface area contributed by atoms with E-state index in [1.165, 1.54) is 48.5 Å². The minimum atomic E-state index is -4.45. The molecule has 0 radical (unpaired) electrons. The lowest BCUT2D eigenvalue weighted by molar-refractivity contribution is -0.153. The van der Waals surface area contributed by atoms with Gasteiger partial charge in [-0.3, -0.25) is 0 Å². The smallest absolute Gasteiger partial charge is 0.422 e. The highest BCUT2D eigenvalue weighted by atomic mass is 19.4. The van der Waals surface area contributed by atoms with Crippen LogP contribution >= 0.6 is 0 Å². The average Bonchev–Trinajstić information content (AvgIpc) is 3.55. The number of rotatable bonds is 6. The fraction of sp³-hybridized carbons (Fsp3) is 0.250. The molecule has 0 aromatic heterocycles. The highest BCUT2D eigenvalue weighted by Crippen LogP contribution is 2.62. The Morgan fingerprint density at radius 1 is 0.750 bits per heavy atom. The molecule has 1 saturated carbocycles. The molecule has 0 saturated heterocycles. The third-order valence-corrected chi connectivity index (χ3v) is 5.64. The molecule has 1 fully saturated rings. The monoisotopic (exact) mass is 454 g/mol. The van der Waals surface area contributed by atoms with Gasteiger partial charge in [0.15, 0.2) is 6.61 Å². The largest absolute Gasteiger partial charge is 0.484 e. The van der Waals surface area contributed by atoms with Crippen molar-refractivity contribution in [3.8, 4) is 16.9 Å². The summed E-state index contributed by atoms with van der Waals surface area (Å²) >= 11 is 0. The van der Waals surface area contributed by atoms with Crippen LogP contribution in [0.3, 0.4) is 0 Å². The summed E-state index contributed by atoms with van der Waals surface area (Å²) in [6.07, 6.45) is -4.30. The summed E-state index contributed by atoms with van der Waals surface area (Å²) in [6.45, 7) is -1.41. The second-order valence-corrected chi connectivity index (χ2v) is 7.79. The molecule has 1 nitrogen and oxygen atoms in total. The zero-order valence-corrected chi connectivity index (χ0v) is 16.5. The van der Waals surface area contributed by atoms with Crippen molar-refractivity contribution in [2.75, 3.05) is 6.61 Å². The van der Waals surface area contributed by atoms with Crippen molar-refractivity contribution >= 4 is 0 Å². The maximum atomic E-state index is 15.4. The van der Waals surface area contributed by atoms with Crippen molar-refractivity contribution in [2.24, 2.45) is 0 Å². The molecule has 1 aliphatic rings. The maximum absolute atomic E-state index is 15.4. The Balaban J connectivity index is 1.54. The Bertz CT molecular complexity index is 1100. The Labute approximate surface area is 179 Å². The highest BCUT2D eigenvalue weighted by Gasteiger charge is 2.64. The first-order chi connectivity index (χ1) is 15.0. The van der Waals surface area contributed by atoms with Gasteiger partial charge in [-0.1, -0.05) is 42.5 Å². The van der Waals surface area contributed by atoms with Gasteiger partial charge in [-0.05, 0) is 42.2 Å². The normalized spacial score (nSPS) is 15.5. The van der Waals surface area contributed by atoms with E-state index in [1.54, 1.807) is 0 Å². The van der Waals surface area contributed by atoms with E-state index in [1.807, 2.05) is 0 Å². The summed E-state index contributed by atoms with van der Waals surface area (Å²) in [5.74, 6) is -5.16. The van der Waals surface area contributed by atoms with Crippen molar-refractivity contribution < 1.29 is 35.5 Å². The van der Waals surface area contributed by atoms with E-state index in [0.29, 0.717) is 17.2 Å². The third-order valence-electron chi connectivity index (χ3n) is 5.64. The lowest BCUT2D eigenvalue weighted by Gasteiger charge is -2.28. The summed E-state index contributed by atoms with van der Waals surface area (Å²) in [6, 6.07) is 13.8. The van der Waals surface area contributed by atoms with Gasteiger partial charge < -0.3 is 4.74 Å². The molecular weight excluding hydrogens is 437 g/mol. The molecule has 0 bridgehead atoms. The van der Waals surface area contributed by atoms with Crippen molar-refractivity contribution in [1.82, 2.24) is 0 Å². The van der Waals surface area contributed by atoms with Gasteiger partial charge >= 0.3 is 6.18 Å². The van der Waals surface area contributed by atoms with Crippen LogP contribution in [0.25, 0.3) is 11.1 Å². The van der Waals surface area contributed by atoms with Crippen molar-refractivity contribution in [2.45, 2.75) is 30.4 Å². The van der Waals surface area contributed by atoms with Crippen LogP contribution in [-0.2, 0) is 11.3 Å². The predicted molar refractivity (Wildman–Crippen MR) is 105 cm³/mol. The van der Waals surface area contributed by atoms with E-state index in [0.717, 1.165) is 12.1 Å². The zero-order valence-electron chi connectivity index (χ0n) is 16.5. The fourth-order valence-electron chi connectivity index (χ4n) is 3.81. The lowest BCUT2D eigenvalue weighted by Crippen LogP contribution is -2.32. The molecule has 3 aromatic carbocycles. The molecule has 0 amide bonds. The summed E-state index contributed by atoms with van der Waals surface area (Å²) < 4.78 is 99.5. The molecule has 3 aromatic rings. The molecule has 8 heteroatoms. The Hall–Kier alpha value is -3.03. The third kappa shape index (κ3) is 4.18. The van der Waals surface area contributed by atoms with Crippen LogP contribution in [0.5, 0.6) is 5.75 Å². The predicted octanol–water partition coefficient (Wildman–Crippen LogP) is 7.40. The van der Waals surface area contributed by atoms with Crippen LogP contribution in [-0.4, -0.2) is 12.8 Å². The Kier molecular flexibility index (Phi) is 5.43. The highest BCUT2D eigenvalue weighted by molar-refractivity contribution is 5.64. The van der Waals surface area contributed by atoms with Gasteiger partial charge in [0.25, 0.3) is 5.92 Å². The molecule has 1 aliphatic carbocycles. The van der Waals surface area contributed by atoms with E-state index in [9.17, 15) is 22.0 Å². The second-order valence-electron chi connectivity index (χ2n) is 7.79. The van der Waals surface area contributed by atoms with E-state index in [4.69, 9.17) is 0 Å². The zero-order chi connectivity index (χ0) is 23.1. The van der Waals surface area contributed by atoms with Crippen molar-refractivity contribution in [1.29, 1.82) is 0 Å². The van der Waals surface area contributed by atoms with E-state index in [2.05, 4.69) is 4.74 Å². The SMILES string of the molecule is Fc1ccc(C2(C(F)(F)c3ccc(-c4ccc(OCC(F)(F)F)cc4)cc3)CC2)c(F)c1. The minimum Gasteiger partial charge on any atom is -0.484 e. The Morgan fingerprint density at radius 2 is 1.31 bits per heavy atom. The van der Waals surface area contributed by atoms with Crippen LogP contribution < -0.4 is 4.74 Å². The average molecular weight is 454 g/mol. The van der Waals surface area contributed by atoms with E-state index in [-0.39, 0.29) is 29.7 Å². The first kappa shape index (κ1) is 22.2. The maximum Gasteiger partial charge on any atom is 0.422 e. The molecule has 0 heterocycles. The topological polar surface area (TPSA) is 9.23 Å². The van der Waals surface area contributed by atoms with Gasteiger partial charge in [0.1, 0.15) is 17.4 Å². The molecule has 0 unspecified atom stereocenters. The molecule has 0 N–H and O–H groups in total. The summed E-state index contributed by atoms with van der Waals surface area (Å²) in [5.41, 5.74) is -1.05. The molecule has 0 aliphatic heterocycles. The molecule has 0 spiro atoms. The first-order valence-electron chi connectivity index (χ1n) is 9.76. The minimum absolute atomic E-state index is 0.0335. The number of halogens is 7. The molecule has 32 heavy (non-hydrogen) atoms. The van der Waals surface area contributed by atoms with Crippen molar-refractivity contribution in [3.63, 3.8) is 0 Å². The van der Waals surface area contributed by atoms with Gasteiger partial charge in [-0.2, -0.15) is 13.2 Å². The van der Waals surface area contributed by atoms with Crippen LogP contribution in [0.15, 0.2) is 66.7 Å². The summed E-state index contributed by atoms with van der Waals surface area (Å²) in [5, 5.41) is 0. The molecule has 168 valence electrons. The molecular formula is C24H17F7O. The van der Waals surface area contributed by atoms with Crippen LogP contribution in [0, 0.1) is 11.6 Å². The number of benzene rings is 3. The number of hydrogen-bond acceptors (Lipinski definition) is 1. The summed E-state index contributed by atoms with van der Waals surface area (Å²) in [7, 11) is 0. The lowest BCUT2D eigenvalue weighted by atomic mass is 9.84. The van der Waals surface area contributed by atoms with E-state index >= 15 is 8.78 Å². The molecule has 4 rings (SSSR count). The molecule has 0 atom stereocenters. The first-order valence-corrected chi connectivity index (χ1v) is 9.76. The van der Waals surface area contributed by atoms with E-state index < -0.39 is 35.8 Å². The van der Waals surface area contributed by atoms with Gasteiger partial charge in [0.2, 0.25) is 0 Å². The standard InChI is InChI=1S/C24H17F7O/c25-18-7-10-20(21(26)13-18)22(11-12-22)24(30,31)17-5-1-15(2-6-17)16-3-8-19(9-4-16)32-14-23(27,28)29/h1-10,13H,11-12,14H2. The summed E-state index contributed by atoms with van der Waals surface area (Å²) in [4.78, 5) is 0. The van der Waals surface area contributed by atoms with Gasteiger partial charge in [0, 0.05) is 17.2 Å². The van der Waals surface area contributed by atoms with Gasteiger partial charge in [-0.25, -0.2) is 17.6 Å². The second kappa shape index (κ2) is 7.83. The Morgan fingerprint density at radius 3 is 1.81 bits per heavy atom. The van der Waals surface area contributed by atoms with Gasteiger partial charge in [-0.15, -0.1) is 0 Å². The number of ether oxygens (including phenoxy) is 1. The van der Waals surface area contributed by atoms with Gasteiger partial charge in [0.05, 0.1) is 5.41 Å². The van der Waals surface area contributed by atoms with Crippen molar-refractivity contribution in [3.05, 3.63) is 89.5 Å². The number of alkyl halides is 5.